The molecule has 3 aromatic carbocycles. The zero-order valence-electron chi connectivity index (χ0n) is 18.4. The average Bonchev–Trinajstić information content (AvgIpc) is 2.79. The molecule has 0 aliphatic heterocycles. The molecular formula is C24H25FN2O4S. The van der Waals surface area contributed by atoms with Gasteiger partial charge in [0, 0.05) is 24.8 Å². The maximum absolute atomic E-state index is 13.7. The number of hydrogen-bond acceptors (Lipinski definition) is 4. The first-order chi connectivity index (χ1) is 15.2. The monoisotopic (exact) mass is 456 g/mol. The Kier molecular flexibility index (Phi) is 6.84. The van der Waals surface area contributed by atoms with Gasteiger partial charge in [0.1, 0.15) is 11.6 Å². The van der Waals surface area contributed by atoms with Crippen molar-refractivity contribution in [1.29, 1.82) is 0 Å². The lowest BCUT2D eigenvalue weighted by Crippen LogP contribution is -2.32. The number of halogens is 1. The first-order valence-corrected chi connectivity index (χ1v) is 11.4. The van der Waals surface area contributed by atoms with E-state index in [1.54, 1.807) is 50.2 Å². The second kappa shape index (κ2) is 9.40. The number of aryl methyl sites for hydroxylation is 1. The number of nitrogens with zero attached hydrogens (tertiary/aromatic N) is 2. The number of rotatable bonds is 7. The highest BCUT2D eigenvalue weighted by molar-refractivity contribution is 7.92. The fourth-order valence-electron chi connectivity index (χ4n) is 3.40. The molecule has 8 heteroatoms. The first kappa shape index (κ1) is 23.3. The Morgan fingerprint density at radius 3 is 2.41 bits per heavy atom. The lowest BCUT2D eigenvalue weighted by Gasteiger charge is -2.24. The summed E-state index contributed by atoms with van der Waals surface area (Å²) in [5, 5.41) is 0. The Balaban J connectivity index is 2.03. The smallest absolute Gasteiger partial charge is 0.264 e. The van der Waals surface area contributed by atoms with Gasteiger partial charge in [-0.05, 0) is 61.9 Å². The number of amides is 1. The van der Waals surface area contributed by atoms with Gasteiger partial charge in [0.25, 0.3) is 15.9 Å². The molecule has 1 amide bonds. The van der Waals surface area contributed by atoms with E-state index in [-0.39, 0.29) is 10.5 Å². The van der Waals surface area contributed by atoms with Crippen molar-refractivity contribution in [2.75, 3.05) is 29.9 Å². The molecule has 168 valence electrons. The highest BCUT2D eigenvalue weighted by atomic mass is 32.2. The molecule has 0 unspecified atom stereocenters. The molecule has 3 aromatic rings. The maximum Gasteiger partial charge on any atom is 0.264 e. The molecule has 0 atom stereocenters. The number of para-hydroxylation sites is 2. The summed E-state index contributed by atoms with van der Waals surface area (Å²) in [5.41, 5.74) is 1.61. The summed E-state index contributed by atoms with van der Waals surface area (Å²) in [6, 6.07) is 16.9. The number of anilines is 2. The van der Waals surface area contributed by atoms with Crippen LogP contribution in [0.3, 0.4) is 0 Å². The molecule has 0 bridgehead atoms. The van der Waals surface area contributed by atoms with Gasteiger partial charge in [0.2, 0.25) is 0 Å². The highest BCUT2D eigenvalue weighted by Crippen LogP contribution is 2.31. The van der Waals surface area contributed by atoms with Gasteiger partial charge < -0.3 is 9.64 Å². The van der Waals surface area contributed by atoms with Crippen molar-refractivity contribution >= 4 is 27.3 Å². The van der Waals surface area contributed by atoms with Crippen molar-refractivity contribution in [2.45, 2.75) is 18.7 Å². The van der Waals surface area contributed by atoms with Crippen LogP contribution in [0.2, 0.25) is 0 Å². The standard InChI is InChI=1S/C24H25FN2O4S/c1-5-27(19-10-8-9-18(25)15-19)24(28)21-16-20(14-13-17(21)2)32(29,30)26(3)22-11-6-7-12-23(22)31-4/h6-16H,5H2,1-4H3. The maximum atomic E-state index is 13.7. The SMILES string of the molecule is CCN(C(=O)c1cc(S(=O)(=O)N(C)c2ccccc2OC)ccc1C)c1cccc(F)c1. The van der Waals surface area contributed by atoms with Crippen LogP contribution in [0.15, 0.2) is 71.6 Å². The summed E-state index contributed by atoms with van der Waals surface area (Å²) in [7, 11) is -1.08. The second-order valence-corrected chi connectivity index (χ2v) is 9.12. The number of hydrogen-bond donors (Lipinski definition) is 0. The van der Waals surface area contributed by atoms with Crippen LogP contribution in [0.25, 0.3) is 0 Å². The number of sulfonamides is 1. The van der Waals surface area contributed by atoms with Crippen LogP contribution in [0.5, 0.6) is 5.75 Å². The molecule has 0 aliphatic rings. The van der Waals surface area contributed by atoms with Crippen molar-refractivity contribution in [3.63, 3.8) is 0 Å². The van der Waals surface area contributed by atoms with Crippen molar-refractivity contribution in [1.82, 2.24) is 0 Å². The fraction of sp³-hybridized carbons (Fsp3) is 0.208. The van der Waals surface area contributed by atoms with Crippen LogP contribution < -0.4 is 13.9 Å². The number of benzene rings is 3. The molecule has 0 heterocycles. The average molecular weight is 457 g/mol. The van der Waals surface area contributed by atoms with Crippen molar-refractivity contribution in [3.05, 3.63) is 83.7 Å². The van der Waals surface area contributed by atoms with E-state index in [4.69, 9.17) is 4.74 Å². The summed E-state index contributed by atoms with van der Waals surface area (Å²) in [6.07, 6.45) is 0. The molecule has 0 saturated heterocycles. The summed E-state index contributed by atoms with van der Waals surface area (Å²) < 4.78 is 46.8. The number of carbonyl (C=O) groups is 1. The van der Waals surface area contributed by atoms with Gasteiger partial charge in [0.05, 0.1) is 17.7 Å². The Morgan fingerprint density at radius 1 is 1.03 bits per heavy atom. The van der Waals surface area contributed by atoms with Crippen LogP contribution in [-0.4, -0.2) is 35.0 Å². The molecule has 0 spiro atoms. The lowest BCUT2D eigenvalue weighted by atomic mass is 10.1. The summed E-state index contributed by atoms with van der Waals surface area (Å²) in [4.78, 5) is 14.7. The quantitative estimate of drug-likeness (QED) is 0.520. The van der Waals surface area contributed by atoms with E-state index in [1.165, 1.54) is 49.4 Å². The van der Waals surface area contributed by atoms with Gasteiger partial charge in [0.15, 0.2) is 0 Å². The predicted octanol–water partition coefficient (Wildman–Crippen LogP) is 4.63. The van der Waals surface area contributed by atoms with E-state index in [2.05, 4.69) is 0 Å². The van der Waals surface area contributed by atoms with Crippen LogP contribution in [-0.2, 0) is 10.0 Å². The van der Waals surface area contributed by atoms with Crippen LogP contribution in [0.4, 0.5) is 15.8 Å². The third kappa shape index (κ3) is 4.45. The van der Waals surface area contributed by atoms with Gasteiger partial charge >= 0.3 is 0 Å². The zero-order chi connectivity index (χ0) is 23.5. The van der Waals surface area contributed by atoms with Crippen molar-refractivity contribution in [3.8, 4) is 5.75 Å². The van der Waals surface area contributed by atoms with Crippen molar-refractivity contribution < 1.29 is 22.3 Å². The van der Waals surface area contributed by atoms with E-state index < -0.39 is 21.7 Å². The number of ether oxygens (including phenoxy) is 1. The summed E-state index contributed by atoms with van der Waals surface area (Å²) in [6.45, 7) is 3.79. The minimum Gasteiger partial charge on any atom is -0.495 e. The molecular weight excluding hydrogens is 431 g/mol. The second-order valence-electron chi connectivity index (χ2n) is 7.15. The van der Waals surface area contributed by atoms with E-state index in [0.717, 1.165) is 4.31 Å². The number of methoxy groups -OCH3 is 1. The van der Waals surface area contributed by atoms with Gasteiger partial charge in [-0.25, -0.2) is 12.8 Å². The third-order valence-corrected chi connectivity index (χ3v) is 6.97. The van der Waals surface area contributed by atoms with Crippen LogP contribution in [0.1, 0.15) is 22.8 Å². The Labute approximate surface area is 187 Å². The molecule has 0 aliphatic carbocycles. The largest absolute Gasteiger partial charge is 0.495 e. The highest BCUT2D eigenvalue weighted by Gasteiger charge is 2.26. The summed E-state index contributed by atoms with van der Waals surface area (Å²) in [5.74, 6) is -0.460. The molecule has 0 N–H and O–H groups in total. The predicted molar refractivity (Wildman–Crippen MR) is 124 cm³/mol. The van der Waals surface area contributed by atoms with E-state index in [0.29, 0.717) is 29.2 Å². The van der Waals surface area contributed by atoms with Gasteiger partial charge in [-0.3, -0.25) is 9.10 Å². The van der Waals surface area contributed by atoms with Gasteiger partial charge in [-0.1, -0.05) is 24.3 Å². The minimum atomic E-state index is -3.98. The Bertz CT molecular complexity index is 1240. The Morgan fingerprint density at radius 2 is 1.75 bits per heavy atom. The molecule has 0 radical (unpaired) electrons. The molecule has 0 aromatic heterocycles. The van der Waals surface area contributed by atoms with E-state index in [1.807, 2.05) is 0 Å². The molecule has 0 saturated carbocycles. The zero-order valence-corrected chi connectivity index (χ0v) is 19.2. The summed E-state index contributed by atoms with van der Waals surface area (Å²) >= 11 is 0. The topological polar surface area (TPSA) is 66.9 Å². The van der Waals surface area contributed by atoms with Gasteiger partial charge in [-0.2, -0.15) is 0 Å². The molecule has 3 rings (SSSR count). The lowest BCUT2D eigenvalue weighted by molar-refractivity contribution is 0.0987. The van der Waals surface area contributed by atoms with Crippen LogP contribution >= 0.6 is 0 Å². The number of carbonyl (C=O) groups excluding carboxylic acids is 1. The minimum absolute atomic E-state index is 0.0323. The molecule has 0 fully saturated rings. The van der Waals surface area contributed by atoms with E-state index in [9.17, 15) is 17.6 Å². The first-order valence-electron chi connectivity index (χ1n) is 10.0. The fourth-order valence-corrected chi connectivity index (χ4v) is 4.64. The van der Waals surface area contributed by atoms with E-state index >= 15 is 0 Å². The molecule has 32 heavy (non-hydrogen) atoms. The Hall–Kier alpha value is -3.39. The van der Waals surface area contributed by atoms with Crippen LogP contribution in [0, 0.1) is 12.7 Å². The van der Waals surface area contributed by atoms with Crippen molar-refractivity contribution in [2.24, 2.45) is 0 Å². The molecule has 6 nitrogen and oxygen atoms in total. The van der Waals surface area contributed by atoms with Gasteiger partial charge in [-0.15, -0.1) is 0 Å². The third-order valence-electron chi connectivity index (χ3n) is 5.20. The normalized spacial score (nSPS) is 11.2.